The molecule has 166 valence electrons. The third-order valence-electron chi connectivity index (χ3n) is 5.93. The van der Waals surface area contributed by atoms with Crippen LogP contribution in [-0.2, 0) is 6.54 Å². The number of carbonyl (C=O) groups excluding carboxylic acids is 1. The van der Waals surface area contributed by atoms with Gasteiger partial charge in [0.15, 0.2) is 0 Å². The number of benzene rings is 2. The first-order valence-electron chi connectivity index (χ1n) is 10.9. The topological polar surface area (TPSA) is 54.5 Å². The van der Waals surface area contributed by atoms with Crippen molar-refractivity contribution in [2.45, 2.75) is 25.4 Å². The van der Waals surface area contributed by atoms with Crippen LogP contribution < -0.4 is 10.1 Å². The number of hydrogen-bond donors (Lipinski definition) is 1. The number of hydrogen-bond acceptors (Lipinski definition) is 4. The van der Waals surface area contributed by atoms with Crippen LogP contribution in [0.3, 0.4) is 0 Å². The normalized spacial score (nSPS) is 17.5. The van der Waals surface area contributed by atoms with E-state index in [9.17, 15) is 9.18 Å². The Labute approximate surface area is 188 Å². The zero-order chi connectivity index (χ0) is 22.3. The van der Waals surface area contributed by atoms with Crippen molar-refractivity contribution in [2.75, 3.05) is 20.2 Å². The van der Waals surface area contributed by atoms with Crippen LogP contribution in [0.5, 0.6) is 5.75 Å². The second-order valence-electron chi connectivity index (χ2n) is 8.21. The number of ether oxygens (including phenoxy) is 1. The zero-order valence-corrected chi connectivity index (χ0v) is 18.2. The highest BCUT2D eigenvalue weighted by Gasteiger charge is 2.30. The Kier molecular flexibility index (Phi) is 7.12. The Bertz CT molecular complexity index is 1040. The minimum absolute atomic E-state index is 0.196. The van der Waals surface area contributed by atoms with Crippen molar-refractivity contribution < 1.29 is 13.9 Å². The molecule has 2 heterocycles. The summed E-state index contributed by atoms with van der Waals surface area (Å²) < 4.78 is 19.0. The van der Waals surface area contributed by atoms with E-state index in [-0.39, 0.29) is 17.9 Å². The number of carbonyl (C=O) groups is 1. The van der Waals surface area contributed by atoms with Crippen LogP contribution in [0, 0.1) is 11.7 Å². The van der Waals surface area contributed by atoms with E-state index in [1.807, 2.05) is 30.3 Å². The van der Waals surface area contributed by atoms with Crippen LogP contribution in [0.1, 0.15) is 40.5 Å². The van der Waals surface area contributed by atoms with Crippen LogP contribution in [0.2, 0.25) is 0 Å². The summed E-state index contributed by atoms with van der Waals surface area (Å²) in [6, 6.07) is 19.4. The Morgan fingerprint density at radius 1 is 1.19 bits per heavy atom. The smallest absolute Gasteiger partial charge is 0.251 e. The van der Waals surface area contributed by atoms with E-state index < -0.39 is 5.82 Å². The molecule has 2 atom stereocenters. The molecule has 1 aromatic heterocycles. The molecule has 1 aliphatic heterocycles. The van der Waals surface area contributed by atoms with E-state index in [1.54, 1.807) is 25.4 Å². The number of nitrogens with one attached hydrogen (secondary N) is 1. The van der Waals surface area contributed by atoms with E-state index in [1.165, 1.54) is 17.7 Å². The van der Waals surface area contributed by atoms with Gasteiger partial charge >= 0.3 is 0 Å². The molecule has 1 N–H and O–H groups in total. The van der Waals surface area contributed by atoms with Crippen molar-refractivity contribution in [1.82, 2.24) is 15.2 Å². The van der Waals surface area contributed by atoms with Crippen molar-refractivity contribution in [3.8, 4) is 5.75 Å². The number of piperidine rings is 1. The lowest BCUT2D eigenvalue weighted by Crippen LogP contribution is -2.43. The standard InChI is InChI=1S/C26H28FN3O2/c1-32-23-11-4-7-19(15-23)17-30-14-6-9-21(18-30)25(24-12-2-3-13-28-24)29-26(31)20-8-5-10-22(27)16-20/h2-5,7-8,10-13,15-16,21,25H,6,9,14,17-18H2,1H3,(H,29,31)/t21-,25+/m0/s1. The third-order valence-corrected chi connectivity index (χ3v) is 5.93. The van der Waals surface area contributed by atoms with Crippen LogP contribution in [-0.4, -0.2) is 36.0 Å². The van der Waals surface area contributed by atoms with Crippen molar-refractivity contribution in [1.29, 1.82) is 0 Å². The van der Waals surface area contributed by atoms with Gasteiger partial charge in [-0.25, -0.2) is 4.39 Å². The second kappa shape index (κ2) is 10.4. The molecular formula is C26H28FN3O2. The fourth-order valence-electron chi connectivity index (χ4n) is 4.38. The largest absolute Gasteiger partial charge is 0.497 e. The van der Waals surface area contributed by atoms with Gasteiger partial charge in [0, 0.05) is 24.8 Å². The van der Waals surface area contributed by atoms with E-state index in [2.05, 4.69) is 27.3 Å². The molecule has 1 saturated heterocycles. The number of likely N-dealkylation sites (tertiary alicyclic amines) is 1. The summed E-state index contributed by atoms with van der Waals surface area (Å²) in [5.41, 5.74) is 2.34. The van der Waals surface area contributed by atoms with Gasteiger partial charge in [0.1, 0.15) is 11.6 Å². The summed E-state index contributed by atoms with van der Waals surface area (Å²) >= 11 is 0. The maximum Gasteiger partial charge on any atom is 0.251 e. The lowest BCUT2D eigenvalue weighted by atomic mass is 9.88. The average Bonchev–Trinajstić information content (AvgIpc) is 2.83. The van der Waals surface area contributed by atoms with Gasteiger partial charge in [0.2, 0.25) is 0 Å². The zero-order valence-electron chi connectivity index (χ0n) is 18.2. The van der Waals surface area contributed by atoms with Crippen LogP contribution in [0.15, 0.2) is 72.9 Å². The fraction of sp³-hybridized carbons (Fsp3) is 0.308. The maximum absolute atomic E-state index is 13.6. The Hall–Kier alpha value is -3.25. The molecule has 32 heavy (non-hydrogen) atoms. The highest BCUT2D eigenvalue weighted by atomic mass is 19.1. The highest BCUT2D eigenvalue weighted by molar-refractivity contribution is 5.94. The second-order valence-corrected chi connectivity index (χ2v) is 8.21. The van der Waals surface area contributed by atoms with Crippen molar-refractivity contribution in [2.24, 2.45) is 5.92 Å². The minimum atomic E-state index is -0.422. The van der Waals surface area contributed by atoms with Crippen LogP contribution in [0.25, 0.3) is 0 Å². The van der Waals surface area contributed by atoms with Crippen molar-refractivity contribution in [3.05, 3.63) is 95.6 Å². The average molecular weight is 434 g/mol. The Balaban J connectivity index is 1.52. The Morgan fingerprint density at radius 3 is 2.84 bits per heavy atom. The molecule has 5 nitrogen and oxygen atoms in total. The molecule has 1 aliphatic rings. The molecule has 0 bridgehead atoms. The minimum Gasteiger partial charge on any atom is -0.497 e. The van der Waals surface area contributed by atoms with Gasteiger partial charge in [-0.15, -0.1) is 0 Å². The molecule has 0 aliphatic carbocycles. The molecule has 0 saturated carbocycles. The van der Waals surface area contributed by atoms with Gasteiger partial charge in [-0.05, 0) is 73.3 Å². The predicted molar refractivity (Wildman–Crippen MR) is 122 cm³/mol. The summed E-state index contributed by atoms with van der Waals surface area (Å²) in [5, 5.41) is 3.13. The van der Waals surface area contributed by atoms with E-state index in [4.69, 9.17) is 4.74 Å². The number of methoxy groups -OCH3 is 1. The van der Waals surface area contributed by atoms with Gasteiger partial charge in [-0.1, -0.05) is 24.3 Å². The van der Waals surface area contributed by atoms with Crippen molar-refractivity contribution >= 4 is 5.91 Å². The Morgan fingerprint density at radius 2 is 2.06 bits per heavy atom. The van der Waals surface area contributed by atoms with Gasteiger partial charge in [-0.2, -0.15) is 0 Å². The molecule has 2 aromatic carbocycles. The highest BCUT2D eigenvalue weighted by Crippen LogP contribution is 2.30. The number of halogens is 1. The molecule has 3 aromatic rings. The van der Waals surface area contributed by atoms with Gasteiger partial charge in [-0.3, -0.25) is 14.7 Å². The summed E-state index contributed by atoms with van der Waals surface area (Å²) in [5.74, 6) is 0.339. The number of amides is 1. The lowest BCUT2D eigenvalue weighted by molar-refractivity contribution is 0.0874. The summed E-state index contributed by atoms with van der Waals surface area (Å²) in [6.45, 7) is 2.66. The maximum atomic E-state index is 13.6. The fourth-order valence-corrected chi connectivity index (χ4v) is 4.38. The molecule has 0 radical (unpaired) electrons. The number of rotatable bonds is 7. The summed E-state index contributed by atoms with van der Waals surface area (Å²) in [7, 11) is 1.68. The van der Waals surface area contributed by atoms with Gasteiger partial charge < -0.3 is 10.1 Å². The molecule has 1 fully saturated rings. The SMILES string of the molecule is COc1cccc(CN2CCC[C@H]([C@@H](NC(=O)c3cccc(F)c3)c3ccccn3)C2)c1. The summed E-state index contributed by atoms with van der Waals surface area (Å²) in [4.78, 5) is 19.9. The van der Waals surface area contributed by atoms with E-state index in [0.717, 1.165) is 43.9 Å². The van der Waals surface area contributed by atoms with Crippen LogP contribution >= 0.6 is 0 Å². The van der Waals surface area contributed by atoms with E-state index in [0.29, 0.717) is 5.56 Å². The number of nitrogens with zero attached hydrogens (tertiary/aromatic N) is 2. The molecular weight excluding hydrogens is 405 g/mol. The third kappa shape index (κ3) is 5.51. The molecule has 0 unspecified atom stereocenters. The first-order valence-corrected chi connectivity index (χ1v) is 10.9. The first-order chi connectivity index (χ1) is 15.6. The first kappa shape index (κ1) is 22.0. The van der Waals surface area contributed by atoms with E-state index >= 15 is 0 Å². The van der Waals surface area contributed by atoms with Gasteiger partial charge in [0.25, 0.3) is 5.91 Å². The number of aromatic nitrogens is 1. The molecule has 6 heteroatoms. The number of pyridine rings is 1. The quantitative estimate of drug-likeness (QED) is 0.591. The van der Waals surface area contributed by atoms with Crippen molar-refractivity contribution in [3.63, 3.8) is 0 Å². The van der Waals surface area contributed by atoms with Crippen LogP contribution in [0.4, 0.5) is 4.39 Å². The predicted octanol–water partition coefficient (Wildman–Crippen LogP) is 4.61. The molecule has 4 rings (SSSR count). The molecule has 0 spiro atoms. The lowest BCUT2D eigenvalue weighted by Gasteiger charge is -2.37. The molecule has 1 amide bonds. The van der Waals surface area contributed by atoms with Gasteiger partial charge in [0.05, 0.1) is 18.8 Å². The summed E-state index contributed by atoms with van der Waals surface area (Å²) in [6.07, 6.45) is 3.76. The monoisotopic (exact) mass is 433 g/mol.